The fourth-order valence-corrected chi connectivity index (χ4v) is 2.70. The van der Waals surface area contributed by atoms with Crippen molar-refractivity contribution in [3.8, 4) is 11.5 Å². The van der Waals surface area contributed by atoms with E-state index < -0.39 is 4.92 Å². The number of benzene rings is 1. The lowest BCUT2D eigenvalue weighted by molar-refractivity contribution is -0.385. The van der Waals surface area contributed by atoms with Crippen molar-refractivity contribution in [3.63, 3.8) is 0 Å². The van der Waals surface area contributed by atoms with Crippen LogP contribution in [0, 0.1) is 15.5 Å². The molecule has 1 aromatic rings. The smallest absolute Gasteiger partial charge is 0.314 e. The van der Waals surface area contributed by atoms with Gasteiger partial charge in [-0.3, -0.25) is 10.1 Å². The van der Waals surface area contributed by atoms with E-state index in [1.165, 1.54) is 13.2 Å². The first-order valence-corrected chi connectivity index (χ1v) is 7.37. The average molecular weight is 313 g/mol. The normalized spacial score (nSPS) is 17.2. The van der Waals surface area contributed by atoms with Gasteiger partial charge in [-0.05, 0) is 30.7 Å². The molecule has 1 saturated heterocycles. The van der Waals surface area contributed by atoms with E-state index in [9.17, 15) is 10.1 Å². The van der Waals surface area contributed by atoms with Gasteiger partial charge in [-0.2, -0.15) is 12.6 Å². The van der Waals surface area contributed by atoms with E-state index in [1.807, 2.05) is 0 Å². The zero-order valence-corrected chi connectivity index (χ0v) is 12.8. The number of nitrogens with zero attached hydrogens (tertiary/aromatic N) is 1. The Bertz CT molecular complexity index is 502. The topological polar surface area (TPSA) is 70.8 Å². The van der Waals surface area contributed by atoms with Gasteiger partial charge in [0.2, 0.25) is 0 Å². The molecule has 116 valence electrons. The van der Waals surface area contributed by atoms with Crippen LogP contribution in [0.3, 0.4) is 0 Å². The van der Waals surface area contributed by atoms with Gasteiger partial charge in [0, 0.05) is 18.6 Å². The molecule has 0 unspecified atom stereocenters. The lowest BCUT2D eigenvalue weighted by Gasteiger charge is -2.35. The summed E-state index contributed by atoms with van der Waals surface area (Å²) in [5.41, 5.74) is -0.127. The van der Waals surface area contributed by atoms with E-state index in [2.05, 4.69) is 12.6 Å². The van der Waals surface area contributed by atoms with E-state index in [0.29, 0.717) is 31.3 Å². The van der Waals surface area contributed by atoms with Crippen molar-refractivity contribution in [1.82, 2.24) is 0 Å². The average Bonchev–Trinajstić information content (AvgIpc) is 2.53. The third kappa shape index (κ3) is 3.79. The number of methoxy groups -OCH3 is 1. The molecule has 1 heterocycles. The van der Waals surface area contributed by atoms with Crippen molar-refractivity contribution in [2.45, 2.75) is 12.8 Å². The van der Waals surface area contributed by atoms with Gasteiger partial charge >= 0.3 is 5.69 Å². The van der Waals surface area contributed by atoms with E-state index >= 15 is 0 Å². The molecule has 0 amide bonds. The summed E-state index contributed by atoms with van der Waals surface area (Å²) >= 11 is 4.42. The van der Waals surface area contributed by atoms with Crippen molar-refractivity contribution in [1.29, 1.82) is 0 Å². The Kier molecular flexibility index (Phi) is 5.30. The molecule has 0 spiro atoms. The predicted molar refractivity (Wildman–Crippen MR) is 81.5 cm³/mol. The summed E-state index contributed by atoms with van der Waals surface area (Å²) < 4.78 is 16.1. The maximum absolute atomic E-state index is 11.0. The second-order valence-electron chi connectivity index (χ2n) is 5.15. The van der Waals surface area contributed by atoms with E-state index in [-0.39, 0.29) is 16.9 Å². The maximum Gasteiger partial charge on any atom is 0.314 e. The van der Waals surface area contributed by atoms with Gasteiger partial charge in [-0.25, -0.2) is 0 Å². The number of thiol groups is 1. The molecular formula is C14H19NO5S. The van der Waals surface area contributed by atoms with Gasteiger partial charge in [0.25, 0.3) is 0 Å². The van der Waals surface area contributed by atoms with Gasteiger partial charge < -0.3 is 14.2 Å². The third-order valence-electron chi connectivity index (χ3n) is 3.78. The van der Waals surface area contributed by atoms with Crippen LogP contribution in [0.5, 0.6) is 11.5 Å². The third-order valence-corrected chi connectivity index (χ3v) is 4.45. The molecular weight excluding hydrogens is 294 g/mol. The molecule has 0 aliphatic carbocycles. The Morgan fingerprint density at radius 3 is 2.71 bits per heavy atom. The fourth-order valence-electron chi connectivity index (χ4n) is 2.29. The summed E-state index contributed by atoms with van der Waals surface area (Å²) in [6, 6.07) is 4.62. The first-order valence-electron chi connectivity index (χ1n) is 6.74. The van der Waals surface area contributed by atoms with Gasteiger partial charge in [0.1, 0.15) is 5.75 Å². The summed E-state index contributed by atoms with van der Waals surface area (Å²) in [4.78, 5) is 10.5. The SMILES string of the molecule is COc1ccc(OCC2(CS)CCOCC2)cc1[N+](=O)[O-]. The van der Waals surface area contributed by atoms with Crippen LogP contribution in [-0.2, 0) is 4.74 Å². The second kappa shape index (κ2) is 7.00. The van der Waals surface area contributed by atoms with Crippen molar-refractivity contribution in [2.24, 2.45) is 5.41 Å². The highest BCUT2D eigenvalue weighted by Gasteiger charge is 2.32. The van der Waals surface area contributed by atoms with E-state index in [4.69, 9.17) is 14.2 Å². The zero-order valence-electron chi connectivity index (χ0n) is 11.9. The Hall–Kier alpha value is -1.47. The lowest BCUT2D eigenvalue weighted by Crippen LogP contribution is -2.36. The summed E-state index contributed by atoms with van der Waals surface area (Å²) in [5, 5.41) is 11.0. The monoisotopic (exact) mass is 313 g/mol. The quantitative estimate of drug-likeness (QED) is 0.497. The van der Waals surface area contributed by atoms with Gasteiger partial charge in [0.15, 0.2) is 5.75 Å². The highest BCUT2D eigenvalue weighted by Crippen LogP contribution is 2.35. The molecule has 1 aromatic carbocycles. The standard InChI is InChI=1S/C14H19NO5S/c1-18-13-3-2-11(8-12(13)15(16)17)20-9-14(10-21)4-6-19-7-5-14/h2-3,8,21H,4-7,9-10H2,1H3. The molecule has 1 aliphatic rings. The Morgan fingerprint density at radius 1 is 1.43 bits per heavy atom. The van der Waals surface area contributed by atoms with Crippen molar-refractivity contribution in [3.05, 3.63) is 28.3 Å². The van der Waals surface area contributed by atoms with Gasteiger partial charge in [0.05, 0.1) is 24.7 Å². The molecule has 1 aliphatic heterocycles. The Morgan fingerprint density at radius 2 is 2.14 bits per heavy atom. The number of nitro groups is 1. The molecule has 0 bridgehead atoms. The number of hydrogen-bond acceptors (Lipinski definition) is 6. The van der Waals surface area contributed by atoms with Crippen LogP contribution in [-0.4, -0.2) is 37.6 Å². The minimum absolute atomic E-state index is 0.0317. The first-order chi connectivity index (χ1) is 10.1. The summed E-state index contributed by atoms with van der Waals surface area (Å²) in [7, 11) is 1.40. The fraction of sp³-hybridized carbons (Fsp3) is 0.571. The van der Waals surface area contributed by atoms with Crippen LogP contribution in [0.1, 0.15) is 12.8 Å². The van der Waals surface area contributed by atoms with Crippen molar-refractivity contribution >= 4 is 18.3 Å². The highest BCUT2D eigenvalue weighted by molar-refractivity contribution is 7.80. The van der Waals surface area contributed by atoms with Crippen LogP contribution in [0.4, 0.5) is 5.69 Å². The molecule has 1 fully saturated rings. The van der Waals surface area contributed by atoms with Gasteiger partial charge in [-0.1, -0.05) is 0 Å². The number of hydrogen-bond donors (Lipinski definition) is 1. The highest BCUT2D eigenvalue weighted by atomic mass is 32.1. The number of nitro benzene ring substituents is 1. The van der Waals surface area contributed by atoms with Crippen LogP contribution < -0.4 is 9.47 Å². The van der Waals surface area contributed by atoms with Crippen LogP contribution in [0.2, 0.25) is 0 Å². The molecule has 21 heavy (non-hydrogen) atoms. The van der Waals surface area contributed by atoms with Crippen molar-refractivity contribution in [2.75, 3.05) is 32.7 Å². The van der Waals surface area contributed by atoms with Crippen LogP contribution in [0.15, 0.2) is 18.2 Å². The summed E-state index contributed by atoms with van der Waals surface area (Å²) in [5.74, 6) is 1.40. The van der Waals surface area contributed by atoms with Crippen LogP contribution >= 0.6 is 12.6 Å². The Labute approximate surface area is 128 Å². The molecule has 7 heteroatoms. The zero-order chi connectivity index (χ0) is 15.3. The minimum atomic E-state index is -0.478. The lowest BCUT2D eigenvalue weighted by atomic mass is 9.83. The van der Waals surface area contributed by atoms with Gasteiger partial charge in [-0.15, -0.1) is 0 Å². The summed E-state index contributed by atoms with van der Waals surface area (Å²) in [6.45, 7) is 1.88. The summed E-state index contributed by atoms with van der Waals surface area (Å²) in [6.07, 6.45) is 1.77. The minimum Gasteiger partial charge on any atom is -0.493 e. The largest absolute Gasteiger partial charge is 0.493 e. The molecule has 2 rings (SSSR count). The van der Waals surface area contributed by atoms with E-state index in [0.717, 1.165) is 12.8 Å². The maximum atomic E-state index is 11.0. The molecule has 6 nitrogen and oxygen atoms in total. The number of ether oxygens (including phenoxy) is 3. The van der Waals surface area contributed by atoms with Crippen molar-refractivity contribution < 1.29 is 19.1 Å². The first kappa shape index (κ1) is 15.9. The van der Waals surface area contributed by atoms with Crippen LogP contribution in [0.25, 0.3) is 0 Å². The van der Waals surface area contributed by atoms with E-state index in [1.54, 1.807) is 12.1 Å². The second-order valence-corrected chi connectivity index (χ2v) is 5.47. The molecule has 0 radical (unpaired) electrons. The molecule has 0 atom stereocenters. The molecule has 0 aromatic heterocycles. The predicted octanol–water partition coefficient (Wildman–Crippen LogP) is 2.71. The number of rotatable bonds is 6. The molecule has 0 N–H and O–H groups in total. The molecule has 0 saturated carbocycles. The Balaban J connectivity index is 2.09.